The summed E-state index contributed by atoms with van der Waals surface area (Å²) in [5.41, 5.74) is 3.98. The molecular weight excluding hydrogens is 318 g/mol. The van der Waals surface area contributed by atoms with Crippen molar-refractivity contribution in [2.24, 2.45) is 0 Å². The van der Waals surface area contributed by atoms with Gasteiger partial charge in [0, 0.05) is 16.3 Å². The van der Waals surface area contributed by atoms with E-state index >= 15 is 0 Å². The molecular formula is C20H15NO2S. The molecule has 4 rings (SSSR count). The molecule has 4 aromatic rings. The van der Waals surface area contributed by atoms with E-state index in [1.54, 1.807) is 6.07 Å². The molecule has 0 fully saturated rings. The minimum Gasteiger partial charge on any atom is -0.422 e. The van der Waals surface area contributed by atoms with E-state index in [1.165, 1.54) is 16.9 Å². The minimum absolute atomic E-state index is 0.351. The second-order valence-electron chi connectivity index (χ2n) is 5.57. The van der Waals surface area contributed by atoms with Crippen LogP contribution in [-0.4, -0.2) is 4.98 Å². The van der Waals surface area contributed by atoms with Crippen LogP contribution in [0.1, 0.15) is 12.5 Å². The van der Waals surface area contributed by atoms with Crippen LogP contribution in [0.25, 0.3) is 32.8 Å². The normalized spacial score (nSPS) is 11.0. The van der Waals surface area contributed by atoms with Crippen molar-refractivity contribution in [1.82, 2.24) is 4.98 Å². The van der Waals surface area contributed by atoms with Crippen molar-refractivity contribution < 1.29 is 4.42 Å². The average molecular weight is 333 g/mol. The van der Waals surface area contributed by atoms with E-state index in [0.717, 1.165) is 23.1 Å². The van der Waals surface area contributed by atoms with Crippen LogP contribution >= 0.6 is 11.3 Å². The molecule has 0 saturated carbocycles. The molecule has 0 amide bonds. The van der Waals surface area contributed by atoms with E-state index < -0.39 is 0 Å². The van der Waals surface area contributed by atoms with Crippen molar-refractivity contribution in [2.45, 2.75) is 13.3 Å². The molecule has 0 N–H and O–H groups in total. The third-order valence-electron chi connectivity index (χ3n) is 4.03. The van der Waals surface area contributed by atoms with Crippen molar-refractivity contribution >= 4 is 22.3 Å². The highest BCUT2D eigenvalue weighted by molar-refractivity contribution is 7.13. The lowest BCUT2D eigenvalue weighted by molar-refractivity contribution is 0.563. The lowest BCUT2D eigenvalue weighted by Gasteiger charge is -2.00. The first-order valence-corrected chi connectivity index (χ1v) is 8.70. The van der Waals surface area contributed by atoms with E-state index in [-0.39, 0.29) is 5.63 Å². The predicted molar refractivity (Wildman–Crippen MR) is 98.4 cm³/mol. The highest BCUT2D eigenvalue weighted by Crippen LogP contribution is 2.29. The number of fused-ring (bicyclic) bond motifs is 1. The maximum Gasteiger partial charge on any atom is 0.346 e. The molecule has 0 bridgehead atoms. The summed E-state index contributed by atoms with van der Waals surface area (Å²) in [5, 5.41) is 3.56. The smallest absolute Gasteiger partial charge is 0.346 e. The van der Waals surface area contributed by atoms with Gasteiger partial charge >= 0.3 is 5.63 Å². The fourth-order valence-electron chi connectivity index (χ4n) is 2.65. The summed E-state index contributed by atoms with van der Waals surface area (Å²) in [6.45, 7) is 2.13. The number of aryl methyl sites for hydroxylation is 1. The lowest BCUT2D eigenvalue weighted by atomic mass is 10.1. The fraction of sp³-hybridized carbons (Fsp3) is 0.100. The number of hydrogen-bond acceptors (Lipinski definition) is 4. The molecule has 0 unspecified atom stereocenters. The van der Waals surface area contributed by atoms with Gasteiger partial charge < -0.3 is 4.42 Å². The number of benzene rings is 2. The molecule has 3 nitrogen and oxygen atoms in total. The summed E-state index contributed by atoms with van der Waals surface area (Å²) in [5.74, 6) is 0. The van der Waals surface area contributed by atoms with E-state index in [9.17, 15) is 4.79 Å². The SMILES string of the molecule is CCc1ccc(-c2csc(-c3cc4ccccc4oc3=O)n2)cc1. The summed E-state index contributed by atoms with van der Waals surface area (Å²) in [6.07, 6.45) is 1.01. The molecule has 0 radical (unpaired) electrons. The molecule has 2 heterocycles. The van der Waals surface area contributed by atoms with Crippen LogP contribution in [0.5, 0.6) is 0 Å². The van der Waals surface area contributed by atoms with E-state index in [2.05, 4.69) is 36.2 Å². The van der Waals surface area contributed by atoms with Crippen molar-refractivity contribution in [3.8, 4) is 21.8 Å². The Bertz CT molecular complexity index is 1060. The molecule has 24 heavy (non-hydrogen) atoms. The Kier molecular flexibility index (Phi) is 3.75. The highest BCUT2D eigenvalue weighted by Gasteiger charge is 2.12. The van der Waals surface area contributed by atoms with Crippen LogP contribution in [0.2, 0.25) is 0 Å². The van der Waals surface area contributed by atoms with Gasteiger partial charge in [-0.15, -0.1) is 11.3 Å². The zero-order valence-electron chi connectivity index (χ0n) is 13.2. The molecule has 0 spiro atoms. The van der Waals surface area contributed by atoms with Crippen LogP contribution in [0.3, 0.4) is 0 Å². The Morgan fingerprint density at radius 1 is 1.08 bits per heavy atom. The molecule has 0 aliphatic heterocycles. The van der Waals surface area contributed by atoms with Gasteiger partial charge in [0.2, 0.25) is 0 Å². The van der Waals surface area contributed by atoms with Gasteiger partial charge in [-0.25, -0.2) is 9.78 Å². The van der Waals surface area contributed by atoms with Crippen molar-refractivity contribution in [3.63, 3.8) is 0 Å². The van der Waals surface area contributed by atoms with Gasteiger partial charge in [0.05, 0.1) is 11.3 Å². The van der Waals surface area contributed by atoms with Gasteiger partial charge in [-0.2, -0.15) is 0 Å². The Labute approximate surface area is 143 Å². The van der Waals surface area contributed by atoms with Gasteiger partial charge in [-0.3, -0.25) is 0 Å². The Morgan fingerprint density at radius 2 is 1.88 bits per heavy atom. The minimum atomic E-state index is -0.351. The number of hydrogen-bond donors (Lipinski definition) is 0. The zero-order chi connectivity index (χ0) is 16.5. The summed E-state index contributed by atoms with van der Waals surface area (Å²) in [6, 6.07) is 17.7. The maximum absolute atomic E-state index is 12.3. The van der Waals surface area contributed by atoms with Crippen LogP contribution in [0.4, 0.5) is 0 Å². The molecule has 2 aromatic carbocycles. The summed E-state index contributed by atoms with van der Waals surface area (Å²) in [7, 11) is 0. The van der Waals surface area contributed by atoms with Crippen molar-refractivity contribution in [1.29, 1.82) is 0 Å². The number of rotatable bonds is 3. The highest BCUT2D eigenvalue weighted by atomic mass is 32.1. The molecule has 118 valence electrons. The Morgan fingerprint density at radius 3 is 2.67 bits per heavy atom. The van der Waals surface area contributed by atoms with Crippen molar-refractivity contribution in [3.05, 3.63) is 76.0 Å². The monoisotopic (exact) mass is 333 g/mol. The molecule has 4 heteroatoms. The molecule has 2 aromatic heterocycles. The first-order chi connectivity index (χ1) is 11.7. The zero-order valence-corrected chi connectivity index (χ0v) is 14.0. The predicted octanol–water partition coefficient (Wildman–Crippen LogP) is 5.15. The quantitative estimate of drug-likeness (QED) is 0.487. The third-order valence-corrected chi connectivity index (χ3v) is 4.91. The van der Waals surface area contributed by atoms with Crippen LogP contribution in [0.15, 0.2) is 69.2 Å². The van der Waals surface area contributed by atoms with E-state index in [4.69, 9.17) is 4.42 Å². The number of aromatic nitrogens is 1. The maximum atomic E-state index is 12.3. The van der Waals surface area contributed by atoms with Gasteiger partial charge in [0.15, 0.2) is 0 Å². The molecule has 0 aliphatic rings. The largest absolute Gasteiger partial charge is 0.422 e. The van der Waals surface area contributed by atoms with E-state index in [0.29, 0.717) is 16.2 Å². The lowest BCUT2D eigenvalue weighted by Crippen LogP contribution is -2.02. The first kappa shape index (κ1) is 14.8. The van der Waals surface area contributed by atoms with Crippen molar-refractivity contribution in [2.75, 3.05) is 0 Å². The molecule has 0 aliphatic carbocycles. The number of para-hydroxylation sites is 1. The molecule has 0 saturated heterocycles. The van der Waals surface area contributed by atoms with Crippen LogP contribution in [0, 0.1) is 0 Å². The summed E-state index contributed by atoms with van der Waals surface area (Å²) in [4.78, 5) is 16.9. The summed E-state index contributed by atoms with van der Waals surface area (Å²) < 4.78 is 5.40. The second-order valence-corrected chi connectivity index (χ2v) is 6.43. The Balaban J connectivity index is 1.76. The fourth-order valence-corrected chi connectivity index (χ4v) is 3.48. The second kappa shape index (κ2) is 6.06. The van der Waals surface area contributed by atoms with Gasteiger partial charge in [0.1, 0.15) is 10.6 Å². The van der Waals surface area contributed by atoms with Crippen LogP contribution < -0.4 is 5.63 Å². The average Bonchev–Trinajstić information content (AvgIpc) is 3.11. The molecule has 0 atom stereocenters. The summed E-state index contributed by atoms with van der Waals surface area (Å²) >= 11 is 1.46. The van der Waals surface area contributed by atoms with Gasteiger partial charge in [-0.1, -0.05) is 49.4 Å². The van der Waals surface area contributed by atoms with Gasteiger partial charge in [-0.05, 0) is 24.1 Å². The third kappa shape index (κ3) is 2.65. The van der Waals surface area contributed by atoms with Gasteiger partial charge in [0.25, 0.3) is 0 Å². The van der Waals surface area contributed by atoms with E-state index in [1.807, 2.05) is 29.6 Å². The standard InChI is InChI=1S/C20H15NO2S/c1-2-13-7-9-14(10-8-13)17-12-24-19(21-17)16-11-15-5-3-4-6-18(15)23-20(16)22/h3-12H,2H2,1H3. The number of thiazole rings is 1. The topological polar surface area (TPSA) is 43.1 Å². The van der Waals surface area contributed by atoms with Crippen LogP contribution in [-0.2, 0) is 6.42 Å². The first-order valence-electron chi connectivity index (χ1n) is 7.82. The number of nitrogens with zero attached hydrogens (tertiary/aromatic N) is 1. The Hall–Kier alpha value is -2.72.